The van der Waals surface area contributed by atoms with Gasteiger partial charge < -0.3 is 4.90 Å². The average molecular weight is 297 g/mol. The Morgan fingerprint density at radius 3 is 2.50 bits per heavy atom. The van der Waals surface area contributed by atoms with Gasteiger partial charge in [0.25, 0.3) is 0 Å². The van der Waals surface area contributed by atoms with E-state index in [2.05, 4.69) is 9.82 Å². The second-order valence-corrected chi connectivity index (χ2v) is 6.04. The maximum atomic E-state index is 11.9. The van der Waals surface area contributed by atoms with Crippen molar-refractivity contribution in [2.45, 2.75) is 18.2 Å². The minimum absolute atomic E-state index is 0. The van der Waals surface area contributed by atoms with E-state index >= 15 is 0 Å². The van der Waals surface area contributed by atoms with Gasteiger partial charge in [0.15, 0.2) is 0 Å². The highest BCUT2D eigenvalue weighted by Gasteiger charge is 2.18. The zero-order valence-electron chi connectivity index (χ0n) is 11.2. The fourth-order valence-corrected chi connectivity index (χ4v) is 2.81. The van der Waals surface area contributed by atoms with Gasteiger partial charge >= 0.3 is 0 Å². The molecule has 0 saturated carbocycles. The van der Waals surface area contributed by atoms with Crippen LogP contribution in [0.25, 0.3) is 0 Å². The summed E-state index contributed by atoms with van der Waals surface area (Å²) in [6.07, 6.45) is 2.30. The lowest BCUT2D eigenvalue weighted by Crippen LogP contribution is -2.27. The Morgan fingerprint density at radius 2 is 2.06 bits per heavy atom. The van der Waals surface area contributed by atoms with Gasteiger partial charge in [-0.2, -0.15) is 5.10 Å². The van der Waals surface area contributed by atoms with E-state index in [1.165, 1.54) is 10.9 Å². The SMILES string of the molecule is Cc1nn(C)cc1S(=O)(=O)NCCCN(C)C.Cl. The molecule has 0 saturated heterocycles. The summed E-state index contributed by atoms with van der Waals surface area (Å²) < 4.78 is 27.9. The van der Waals surface area contributed by atoms with Crippen LogP contribution in [0.4, 0.5) is 0 Å². The van der Waals surface area contributed by atoms with E-state index in [4.69, 9.17) is 0 Å². The summed E-state index contributed by atoms with van der Waals surface area (Å²) >= 11 is 0. The quantitative estimate of drug-likeness (QED) is 0.771. The van der Waals surface area contributed by atoms with Crippen LogP contribution in [0, 0.1) is 6.92 Å². The Labute approximate surface area is 115 Å². The molecule has 0 radical (unpaired) electrons. The number of nitrogens with zero attached hydrogens (tertiary/aromatic N) is 3. The smallest absolute Gasteiger partial charge is 0.243 e. The highest BCUT2D eigenvalue weighted by molar-refractivity contribution is 7.89. The lowest BCUT2D eigenvalue weighted by Gasteiger charge is -2.09. The zero-order chi connectivity index (χ0) is 13.1. The molecule has 1 rings (SSSR count). The van der Waals surface area contributed by atoms with Gasteiger partial charge in [0.1, 0.15) is 4.90 Å². The monoisotopic (exact) mass is 296 g/mol. The lowest BCUT2D eigenvalue weighted by molar-refractivity contribution is 0.400. The Balaban J connectivity index is 0.00000289. The van der Waals surface area contributed by atoms with Crippen molar-refractivity contribution in [3.63, 3.8) is 0 Å². The van der Waals surface area contributed by atoms with Crippen LogP contribution in [0.1, 0.15) is 12.1 Å². The summed E-state index contributed by atoms with van der Waals surface area (Å²) in [5.41, 5.74) is 0.521. The van der Waals surface area contributed by atoms with Gasteiger partial charge in [-0.05, 0) is 34.0 Å². The minimum atomic E-state index is -3.42. The van der Waals surface area contributed by atoms with E-state index in [1.54, 1.807) is 14.0 Å². The Morgan fingerprint density at radius 1 is 1.44 bits per heavy atom. The highest BCUT2D eigenvalue weighted by Crippen LogP contribution is 2.11. The van der Waals surface area contributed by atoms with Crippen molar-refractivity contribution in [3.05, 3.63) is 11.9 Å². The van der Waals surface area contributed by atoms with Crippen molar-refractivity contribution in [1.82, 2.24) is 19.4 Å². The van der Waals surface area contributed by atoms with Crippen molar-refractivity contribution in [3.8, 4) is 0 Å². The molecule has 1 aromatic heterocycles. The average Bonchev–Trinajstić information content (AvgIpc) is 2.53. The molecule has 1 N–H and O–H groups in total. The first-order chi connectivity index (χ1) is 7.83. The van der Waals surface area contributed by atoms with Crippen molar-refractivity contribution >= 4 is 22.4 Å². The molecule has 1 heterocycles. The van der Waals surface area contributed by atoms with E-state index in [0.717, 1.165) is 13.0 Å². The molecule has 0 aromatic carbocycles. The molecule has 0 fully saturated rings. The molecule has 0 spiro atoms. The number of sulfonamides is 1. The predicted octanol–water partition coefficient (Wildman–Crippen LogP) is 0.380. The van der Waals surface area contributed by atoms with Crippen LogP contribution in [-0.2, 0) is 17.1 Å². The molecule has 0 atom stereocenters. The van der Waals surface area contributed by atoms with Crippen LogP contribution in [0.2, 0.25) is 0 Å². The second kappa shape index (κ2) is 7.08. The van der Waals surface area contributed by atoms with E-state index < -0.39 is 10.0 Å². The molecular formula is C10H21ClN4O2S. The first kappa shape index (κ1) is 17.4. The standard InChI is InChI=1S/C10H20N4O2S.ClH/c1-9-10(8-14(4)12-9)17(15,16)11-6-5-7-13(2)3;/h8,11H,5-7H2,1-4H3;1H. The molecule has 0 amide bonds. The summed E-state index contributed by atoms with van der Waals surface area (Å²) in [7, 11) is 2.20. The molecular weight excluding hydrogens is 276 g/mol. The van der Waals surface area contributed by atoms with Crippen LogP contribution < -0.4 is 4.72 Å². The number of hydrogen-bond acceptors (Lipinski definition) is 4. The third-order valence-corrected chi connectivity index (χ3v) is 3.90. The lowest BCUT2D eigenvalue weighted by atomic mass is 10.4. The topological polar surface area (TPSA) is 67.2 Å². The van der Waals surface area contributed by atoms with Gasteiger partial charge in [0, 0.05) is 19.8 Å². The summed E-state index contributed by atoms with van der Waals surface area (Å²) in [5.74, 6) is 0. The van der Waals surface area contributed by atoms with Gasteiger partial charge in [-0.15, -0.1) is 12.4 Å². The van der Waals surface area contributed by atoms with Crippen molar-refractivity contribution in [1.29, 1.82) is 0 Å². The van der Waals surface area contributed by atoms with Gasteiger partial charge in [-0.25, -0.2) is 13.1 Å². The third-order valence-electron chi connectivity index (χ3n) is 2.33. The van der Waals surface area contributed by atoms with E-state index in [-0.39, 0.29) is 17.3 Å². The predicted molar refractivity (Wildman–Crippen MR) is 73.6 cm³/mol. The summed E-state index contributed by atoms with van der Waals surface area (Å²) in [6, 6.07) is 0. The molecule has 0 aliphatic carbocycles. The Bertz CT molecular complexity index is 470. The molecule has 106 valence electrons. The van der Waals surface area contributed by atoms with Crippen molar-refractivity contribution in [2.75, 3.05) is 27.2 Å². The van der Waals surface area contributed by atoms with Gasteiger partial charge in [0.2, 0.25) is 10.0 Å². The van der Waals surface area contributed by atoms with Crippen LogP contribution in [-0.4, -0.2) is 50.3 Å². The molecule has 0 bridgehead atoms. The Hall–Kier alpha value is -0.630. The fraction of sp³-hybridized carbons (Fsp3) is 0.700. The third kappa shape index (κ3) is 4.93. The van der Waals surface area contributed by atoms with E-state index in [9.17, 15) is 8.42 Å². The number of aromatic nitrogens is 2. The maximum Gasteiger partial charge on any atom is 0.243 e. The molecule has 6 nitrogen and oxygen atoms in total. The largest absolute Gasteiger partial charge is 0.309 e. The van der Waals surface area contributed by atoms with Gasteiger partial charge in [0.05, 0.1) is 5.69 Å². The van der Waals surface area contributed by atoms with Crippen molar-refractivity contribution < 1.29 is 8.42 Å². The molecule has 1 aromatic rings. The molecule has 18 heavy (non-hydrogen) atoms. The summed E-state index contributed by atoms with van der Waals surface area (Å²) in [4.78, 5) is 2.27. The van der Waals surface area contributed by atoms with Gasteiger partial charge in [-0.1, -0.05) is 0 Å². The molecule has 8 heteroatoms. The Kier molecular flexibility index (Phi) is 6.83. The number of nitrogens with one attached hydrogen (secondary N) is 1. The van der Waals surface area contributed by atoms with Crippen LogP contribution in [0.5, 0.6) is 0 Å². The minimum Gasteiger partial charge on any atom is -0.309 e. The zero-order valence-corrected chi connectivity index (χ0v) is 12.8. The molecule has 0 unspecified atom stereocenters. The maximum absolute atomic E-state index is 11.9. The van der Waals surface area contributed by atoms with E-state index in [0.29, 0.717) is 12.2 Å². The molecule has 0 aliphatic heterocycles. The van der Waals surface area contributed by atoms with Crippen LogP contribution in [0.3, 0.4) is 0 Å². The number of rotatable bonds is 6. The number of halogens is 1. The number of hydrogen-bond donors (Lipinski definition) is 1. The van der Waals surface area contributed by atoms with Crippen LogP contribution >= 0.6 is 12.4 Å². The normalized spacial score (nSPS) is 11.6. The fourth-order valence-electron chi connectivity index (χ4n) is 1.52. The summed E-state index contributed by atoms with van der Waals surface area (Å²) in [6.45, 7) is 2.98. The highest BCUT2D eigenvalue weighted by atomic mass is 35.5. The first-order valence-corrected chi connectivity index (χ1v) is 6.96. The van der Waals surface area contributed by atoms with E-state index in [1.807, 2.05) is 19.0 Å². The number of aryl methyl sites for hydroxylation is 2. The first-order valence-electron chi connectivity index (χ1n) is 5.47. The second-order valence-electron chi connectivity index (χ2n) is 4.31. The summed E-state index contributed by atoms with van der Waals surface area (Å²) in [5, 5.41) is 4.02. The molecule has 0 aliphatic rings. The van der Waals surface area contributed by atoms with Gasteiger partial charge in [-0.3, -0.25) is 4.68 Å². The van der Waals surface area contributed by atoms with Crippen LogP contribution in [0.15, 0.2) is 11.1 Å². The van der Waals surface area contributed by atoms with Crippen molar-refractivity contribution in [2.24, 2.45) is 7.05 Å².